The molecule has 1 aromatic carbocycles. The van der Waals surface area contributed by atoms with Crippen LogP contribution in [-0.4, -0.2) is 17.6 Å². The number of rotatable bonds is 3. The second-order valence-electron chi connectivity index (χ2n) is 3.54. The topological polar surface area (TPSA) is 55.7 Å². The van der Waals surface area contributed by atoms with Gasteiger partial charge >= 0.3 is 0 Å². The molecule has 0 spiro atoms. The zero-order valence-electron chi connectivity index (χ0n) is 7.90. The third kappa shape index (κ3) is 1.90. The van der Waals surface area contributed by atoms with E-state index in [0.717, 1.165) is 18.6 Å². The fourth-order valence-electron chi connectivity index (χ4n) is 1.50. The van der Waals surface area contributed by atoms with Gasteiger partial charge in [-0.1, -0.05) is 6.07 Å². The molecule has 1 fully saturated rings. The molecule has 1 unspecified atom stereocenters. The van der Waals surface area contributed by atoms with Crippen LogP contribution in [-0.2, 0) is 11.2 Å². The molecule has 1 saturated heterocycles. The van der Waals surface area contributed by atoms with Gasteiger partial charge < -0.3 is 4.74 Å². The number of nitro benzene ring substituents is 1. The number of hydrogen-bond donors (Lipinski definition) is 0. The van der Waals surface area contributed by atoms with E-state index in [1.807, 2.05) is 6.07 Å². The minimum absolute atomic E-state index is 0.186. The Balaban J connectivity index is 2.20. The van der Waals surface area contributed by atoms with Crippen LogP contribution in [0.5, 0.6) is 0 Å². The molecule has 0 bridgehead atoms. The molecule has 1 aromatic rings. The van der Waals surface area contributed by atoms with Crippen molar-refractivity contribution < 1.29 is 9.66 Å². The number of nitro groups is 1. The lowest BCUT2D eigenvalue weighted by atomic mass is 10.1. The summed E-state index contributed by atoms with van der Waals surface area (Å²) in [6, 6.07) is 5.22. The van der Waals surface area contributed by atoms with E-state index in [2.05, 4.69) is 0 Å². The van der Waals surface area contributed by atoms with Crippen molar-refractivity contribution in [2.45, 2.75) is 19.4 Å². The monoisotopic (exact) mass is 193 g/mol. The van der Waals surface area contributed by atoms with Gasteiger partial charge in [-0.05, 0) is 18.6 Å². The number of epoxide rings is 1. The molecule has 1 aliphatic rings. The lowest BCUT2D eigenvalue weighted by Gasteiger charge is -2.00. The summed E-state index contributed by atoms with van der Waals surface area (Å²) in [4.78, 5) is 10.2. The Morgan fingerprint density at radius 2 is 2.36 bits per heavy atom. The largest absolute Gasteiger partial charge is 0.373 e. The lowest BCUT2D eigenvalue weighted by Crippen LogP contribution is -1.96. The van der Waals surface area contributed by atoms with E-state index in [1.165, 1.54) is 0 Å². The highest BCUT2D eigenvalue weighted by atomic mass is 16.6. The maximum absolute atomic E-state index is 10.5. The first-order valence-electron chi connectivity index (χ1n) is 4.52. The summed E-state index contributed by atoms with van der Waals surface area (Å²) >= 11 is 0. The van der Waals surface area contributed by atoms with Crippen LogP contribution in [0.25, 0.3) is 0 Å². The molecule has 1 atom stereocenters. The highest BCUT2D eigenvalue weighted by molar-refractivity contribution is 5.42. The van der Waals surface area contributed by atoms with E-state index < -0.39 is 0 Å². The average Bonchev–Trinajstić information content (AvgIpc) is 2.87. The standard InChI is InChI=1S/C10H11NO3/c1-7-4-8(5-9-6-14-9)2-3-10(7)11(12)13/h2-4,9H,5-6H2,1H3. The van der Waals surface area contributed by atoms with E-state index in [9.17, 15) is 10.1 Å². The molecule has 4 heteroatoms. The number of nitrogens with zero attached hydrogens (tertiary/aromatic N) is 1. The Morgan fingerprint density at radius 3 is 2.86 bits per heavy atom. The van der Waals surface area contributed by atoms with Crippen molar-refractivity contribution in [1.29, 1.82) is 0 Å². The van der Waals surface area contributed by atoms with Crippen molar-refractivity contribution in [3.05, 3.63) is 39.4 Å². The number of ether oxygens (including phenoxy) is 1. The predicted molar refractivity (Wildman–Crippen MR) is 51.3 cm³/mol. The van der Waals surface area contributed by atoms with Gasteiger partial charge in [0.05, 0.1) is 17.6 Å². The summed E-state index contributed by atoms with van der Waals surface area (Å²) in [6.07, 6.45) is 1.19. The highest BCUT2D eigenvalue weighted by Crippen LogP contribution is 2.22. The average molecular weight is 193 g/mol. The Morgan fingerprint density at radius 1 is 1.64 bits per heavy atom. The van der Waals surface area contributed by atoms with Gasteiger partial charge in [0, 0.05) is 18.1 Å². The van der Waals surface area contributed by atoms with Crippen LogP contribution in [0.2, 0.25) is 0 Å². The van der Waals surface area contributed by atoms with Crippen LogP contribution in [0.15, 0.2) is 18.2 Å². The fourth-order valence-corrected chi connectivity index (χ4v) is 1.50. The van der Waals surface area contributed by atoms with Gasteiger partial charge in [-0.25, -0.2) is 0 Å². The highest BCUT2D eigenvalue weighted by Gasteiger charge is 2.23. The van der Waals surface area contributed by atoms with Gasteiger partial charge in [-0.2, -0.15) is 0 Å². The maximum Gasteiger partial charge on any atom is 0.272 e. The molecule has 0 aromatic heterocycles. The quantitative estimate of drug-likeness (QED) is 0.418. The second kappa shape index (κ2) is 3.38. The molecule has 1 aliphatic heterocycles. The zero-order chi connectivity index (χ0) is 10.1. The van der Waals surface area contributed by atoms with Gasteiger partial charge in [-0.15, -0.1) is 0 Å². The van der Waals surface area contributed by atoms with E-state index in [4.69, 9.17) is 4.74 Å². The number of aryl methyl sites for hydroxylation is 1. The van der Waals surface area contributed by atoms with Gasteiger partial charge in [0.15, 0.2) is 0 Å². The van der Waals surface area contributed by atoms with Crippen LogP contribution < -0.4 is 0 Å². The van der Waals surface area contributed by atoms with Crippen molar-refractivity contribution in [2.24, 2.45) is 0 Å². The fraction of sp³-hybridized carbons (Fsp3) is 0.400. The first-order chi connectivity index (χ1) is 6.66. The van der Waals surface area contributed by atoms with E-state index in [-0.39, 0.29) is 10.6 Å². The molecule has 1 heterocycles. The molecule has 0 aliphatic carbocycles. The zero-order valence-corrected chi connectivity index (χ0v) is 7.90. The number of benzene rings is 1. The Bertz CT molecular complexity index is 372. The number of hydrogen-bond acceptors (Lipinski definition) is 3. The van der Waals surface area contributed by atoms with Gasteiger partial charge in [0.2, 0.25) is 0 Å². The Kier molecular flexibility index (Phi) is 2.21. The molecule has 0 saturated carbocycles. The summed E-state index contributed by atoms with van der Waals surface area (Å²) in [6.45, 7) is 2.57. The molecule has 4 nitrogen and oxygen atoms in total. The summed E-state index contributed by atoms with van der Waals surface area (Å²) < 4.78 is 5.10. The van der Waals surface area contributed by atoms with Crippen LogP contribution in [0.3, 0.4) is 0 Å². The third-order valence-corrected chi connectivity index (χ3v) is 2.32. The Labute approximate surface area is 81.7 Å². The summed E-state index contributed by atoms with van der Waals surface area (Å²) in [5.74, 6) is 0. The first-order valence-corrected chi connectivity index (χ1v) is 4.52. The van der Waals surface area contributed by atoms with E-state index in [0.29, 0.717) is 11.7 Å². The van der Waals surface area contributed by atoms with Crippen LogP contribution in [0, 0.1) is 17.0 Å². The SMILES string of the molecule is Cc1cc(CC2CO2)ccc1[N+](=O)[O-]. The smallest absolute Gasteiger partial charge is 0.272 e. The van der Waals surface area contributed by atoms with Crippen molar-refractivity contribution in [2.75, 3.05) is 6.61 Å². The minimum atomic E-state index is -0.354. The molecule has 2 rings (SSSR count). The molecule has 0 N–H and O–H groups in total. The molecule has 0 amide bonds. The van der Waals surface area contributed by atoms with Crippen LogP contribution in [0.1, 0.15) is 11.1 Å². The lowest BCUT2D eigenvalue weighted by molar-refractivity contribution is -0.385. The van der Waals surface area contributed by atoms with Crippen LogP contribution in [0.4, 0.5) is 5.69 Å². The second-order valence-corrected chi connectivity index (χ2v) is 3.54. The van der Waals surface area contributed by atoms with E-state index >= 15 is 0 Å². The minimum Gasteiger partial charge on any atom is -0.373 e. The first kappa shape index (κ1) is 9.15. The van der Waals surface area contributed by atoms with Crippen molar-refractivity contribution in [1.82, 2.24) is 0 Å². The van der Waals surface area contributed by atoms with E-state index in [1.54, 1.807) is 19.1 Å². The molecule has 0 radical (unpaired) electrons. The van der Waals surface area contributed by atoms with Gasteiger partial charge in [0.1, 0.15) is 0 Å². The third-order valence-electron chi connectivity index (χ3n) is 2.32. The summed E-state index contributed by atoms with van der Waals surface area (Å²) in [5.41, 5.74) is 2.01. The van der Waals surface area contributed by atoms with Gasteiger partial charge in [-0.3, -0.25) is 10.1 Å². The predicted octanol–water partition coefficient (Wildman–Crippen LogP) is 1.84. The molecular formula is C10H11NO3. The molecule has 14 heavy (non-hydrogen) atoms. The van der Waals surface area contributed by atoms with Crippen molar-refractivity contribution >= 4 is 5.69 Å². The maximum atomic E-state index is 10.5. The van der Waals surface area contributed by atoms with Crippen molar-refractivity contribution in [3.63, 3.8) is 0 Å². The van der Waals surface area contributed by atoms with Gasteiger partial charge in [0.25, 0.3) is 5.69 Å². The molecule has 74 valence electrons. The normalized spacial score (nSPS) is 19.4. The summed E-state index contributed by atoms with van der Waals surface area (Å²) in [7, 11) is 0. The van der Waals surface area contributed by atoms with Crippen LogP contribution >= 0.6 is 0 Å². The molecular weight excluding hydrogens is 182 g/mol. The summed E-state index contributed by atoms with van der Waals surface area (Å²) in [5, 5.41) is 10.5. The van der Waals surface area contributed by atoms with Crippen molar-refractivity contribution in [3.8, 4) is 0 Å². The Hall–Kier alpha value is -1.42.